The van der Waals surface area contributed by atoms with Gasteiger partial charge in [0, 0.05) is 25.7 Å². The van der Waals surface area contributed by atoms with Gasteiger partial charge in [-0.3, -0.25) is 0 Å². The summed E-state index contributed by atoms with van der Waals surface area (Å²) in [6.07, 6.45) is 0. The number of rotatable bonds is 6. The van der Waals surface area contributed by atoms with Crippen molar-refractivity contribution >= 4 is 27.2 Å². The first kappa shape index (κ1) is 16.0. The lowest BCUT2D eigenvalue weighted by molar-refractivity contribution is 0.358. The molecule has 0 fully saturated rings. The van der Waals surface area contributed by atoms with Crippen molar-refractivity contribution < 1.29 is 8.42 Å². The number of likely N-dealkylation sites (N-methyl/N-ethyl adjacent to an activating group) is 2. The summed E-state index contributed by atoms with van der Waals surface area (Å²) in [7, 11) is 1.92. The largest absolute Gasteiger partial charge is 0.389 e. The molecule has 0 aliphatic rings. The topological polar surface area (TPSA) is 66.6 Å². The molecule has 7 heteroatoms. The van der Waals surface area contributed by atoms with Crippen LogP contribution in [0.1, 0.15) is 5.56 Å². The van der Waals surface area contributed by atoms with Gasteiger partial charge in [-0.15, -0.1) is 0 Å². The average molecular weight is 301 g/mol. The van der Waals surface area contributed by atoms with Crippen LogP contribution >= 0.6 is 12.2 Å². The summed E-state index contributed by atoms with van der Waals surface area (Å²) in [5.41, 5.74) is 6.14. The van der Waals surface area contributed by atoms with E-state index in [-0.39, 0.29) is 9.88 Å². The Morgan fingerprint density at radius 3 is 2.11 bits per heavy atom. The second-order valence-corrected chi connectivity index (χ2v) is 7.00. The van der Waals surface area contributed by atoms with E-state index in [1.165, 1.54) is 16.4 Å². The van der Waals surface area contributed by atoms with Crippen molar-refractivity contribution in [2.45, 2.75) is 4.90 Å². The summed E-state index contributed by atoms with van der Waals surface area (Å²) < 4.78 is 25.9. The van der Waals surface area contributed by atoms with E-state index in [0.717, 1.165) is 0 Å². The molecule has 106 valence electrons. The monoisotopic (exact) mass is 301 g/mol. The number of nitrogens with zero attached hydrogens (tertiary/aromatic N) is 2. The molecule has 19 heavy (non-hydrogen) atoms. The third-order valence-corrected chi connectivity index (χ3v) is 4.82. The Kier molecular flexibility index (Phi) is 5.42. The molecule has 2 N–H and O–H groups in total. The maximum atomic E-state index is 12.3. The number of hydrogen-bond acceptors (Lipinski definition) is 4. The number of benzene rings is 1. The first-order valence-corrected chi connectivity index (χ1v) is 7.61. The van der Waals surface area contributed by atoms with Crippen LogP contribution in [0, 0.1) is 0 Å². The summed E-state index contributed by atoms with van der Waals surface area (Å²) in [6, 6.07) is 6.29. The summed E-state index contributed by atoms with van der Waals surface area (Å²) in [5.74, 6) is 0. The Bertz CT molecular complexity index is 539. The van der Waals surface area contributed by atoms with Crippen LogP contribution in [-0.4, -0.2) is 56.8 Å². The van der Waals surface area contributed by atoms with E-state index in [2.05, 4.69) is 0 Å². The summed E-state index contributed by atoms with van der Waals surface area (Å²) >= 11 is 4.83. The number of nitrogens with two attached hydrogens (primary N) is 1. The predicted molar refractivity (Wildman–Crippen MR) is 80.7 cm³/mol. The quantitative estimate of drug-likeness (QED) is 0.775. The van der Waals surface area contributed by atoms with Gasteiger partial charge in [-0.1, -0.05) is 24.4 Å². The fourth-order valence-corrected chi connectivity index (χ4v) is 2.73. The molecule has 1 rings (SSSR count). The fraction of sp³-hybridized carbons (Fsp3) is 0.417. The van der Waals surface area contributed by atoms with Gasteiger partial charge in [-0.2, -0.15) is 4.31 Å². The molecule has 0 bridgehead atoms. The van der Waals surface area contributed by atoms with Crippen LogP contribution in [0.25, 0.3) is 0 Å². The van der Waals surface area contributed by atoms with Crippen LogP contribution < -0.4 is 5.73 Å². The standard InChI is InChI=1S/C12H19N3O2S2/c1-14(2)8-9-15(3)19(16,17)11-6-4-10(5-7-11)12(13)18/h4-7H,8-9H2,1-3H3,(H2,13,18). The number of thiocarbonyl (C=S) groups is 1. The van der Waals surface area contributed by atoms with E-state index in [4.69, 9.17) is 18.0 Å². The van der Waals surface area contributed by atoms with Gasteiger partial charge >= 0.3 is 0 Å². The van der Waals surface area contributed by atoms with E-state index >= 15 is 0 Å². The second kappa shape index (κ2) is 6.42. The van der Waals surface area contributed by atoms with Crippen molar-refractivity contribution in [3.8, 4) is 0 Å². The van der Waals surface area contributed by atoms with Crippen LogP contribution in [0.3, 0.4) is 0 Å². The first-order chi connectivity index (χ1) is 8.75. The molecule has 1 aromatic carbocycles. The molecule has 0 atom stereocenters. The molecule has 0 aromatic heterocycles. The SMILES string of the molecule is CN(C)CCN(C)S(=O)(=O)c1ccc(C(N)=S)cc1. The van der Waals surface area contributed by atoms with Crippen molar-refractivity contribution in [3.63, 3.8) is 0 Å². The van der Waals surface area contributed by atoms with Crippen LogP contribution in [0.2, 0.25) is 0 Å². The van der Waals surface area contributed by atoms with Gasteiger partial charge in [-0.25, -0.2) is 8.42 Å². The van der Waals surface area contributed by atoms with Crippen molar-refractivity contribution in [2.24, 2.45) is 5.73 Å². The van der Waals surface area contributed by atoms with Crippen LogP contribution in [0.15, 0.2) is 29.2 Å². The Morgan fingerprint density at radius 2 is 1.68 bits per heavy atom. The van der Waals surface area contributed by atoms with Gasteiger partial charge in [-0.05, 0) is 26.2 Å². The third-order valence-electron chi connectivity index (χ3n) is 2.71. The molecule has 0 unspecified atom stereocenters. The van der Waals surface area contributed by atoms with Crippen molar-refractivity contribution in [3.05, 3.63) is 29.8 Å². The van der Waals surface area contributed by atoms with Gasteiger partial charge < -0.3 is 10.6 Å². The molecular formula is C12H19N3O2S2. The smallest absolute Gasteiger partial charge is 0.242 e. The molecule has 0 heterocycles. The Morgan fingerprint density at radius 1 is 1.16 bits per heavy atom. The highest BCUT2D eigenvalue weighted by atomic mass is 32.2. The zero-order valence-corrected chi connectivity index (χ0v) is 13.0. The lowest BCUT2D eigenvalue weighted by Gasteiger charge is -2.19. The van der Waals surface area contributed by atoms with Crippen molar-refractivity contribution in [1.29, 1.82) is 0 Å². The lowest BCUT2D eigenvalue weighted by atomic mass is 10.2. The highest BCUT2D eigenvalue weighted by Gasteiger charge is 2.20. The lowest BCUT2D eigenvalue weighted by Crippen LogP contribution is -2.33. The predicted octanol–water partition coefficient (Wildman–Crippen LogP) is 0.503. The fourth-order valence-electron chi connectivity index (χ4n) is 1.43. The van der Waals surface area contributed by atoms with Gasteiger partial charge in [0.1, 0.15) is 4.99 Å². The van der Waals surface area contributed by atoms with Crippen LogP contribution in [0.5, 0.6) is 0 Å². The molecule has 0 aliphatic carbocycles. The molecule has 0 saturated carbocycles. The minimum atomic E-state index is -3.45. The Balaban J connectivity index is 2.90. The molecule has 0 aliphatic heterocycles. The number of hydrogen-bond donors (Lipinski definition) is 1. The summed E-state index contributed by atoms with van der Waals surface area (Å²) in [4.78, 5) is 2.43. The highest BCUT2D eigenvalue weighted by molar-refractivity contribution is 7.89. The summed E-state index contributed by atoms with van der Waals surface area (Å²) in [5, 5.41) is 0. The second-order valence-electron chi connectivity index (χ2n) is 4.52. The molecule has 5 nitrogen and oxygen atoms in total. The van der Waals surface area contributed by atoms with Crippen molar-refractivity contribution in [1.82, 2.24) is 9.21 Å². The molecule has 0 spiro atoms. The molecule has 0 amide bonds. The normalized spacial score (nSPS) is 12.1. The van der Waals surface area contributed by atoms with Gasteiger partial charge in [0.2, 0.25) is 10.0 Å². The van der Waals surface area contributed by atoms with Gasteiger partial charge in [0.15, 0.2) is 0 Å². The third kappa shape index (κ3) is 4.24. The van der Waals surface area contributed by atoms with Crippen LogP contribution in [-0.2, 0) is 10.0 Å². The maximum Gasteiger partial charge on any atom is 0.242 e. The van der Waals surface area contributed by atoms with E-state index in [9.17, 15) is 8.42 Å². The zero-order chi connectivity index (χ0) is 14.6. The van der Waals surface area contributed by atoms with E-state index < -0.39 is 10.0 Å². The molecule has 1 aromatic rings. The molecular weight excluding hydrogens is 282 g/mol. The van der Waals surface area contributed by atoms with E-state index in [1.54, 1.807) is 19.2 Å². The minimum absolute atomic E-state index is 0.244. The Hall–Kier alpha value is -1.02. The molecule has 0 radical (unpaired) electrons. The summed E-state index contributed by atoms with van der Waals surface area (Å²) in [6.45, 7) is 1.10. The van der Waals surface area contributed by atoms with Crippen LogP contribution in [0.4, 0.5) is 0 Å². The number of sulfonamides is 1. The van der Waals surface area contributed by atoms with E-state index in [0.29, 0.717) is 18.7 Å². The Labute approximate surface area is 120 Å². The zero-order valence-electron chi connectivity index (χ0n) is 11.3. The highest BCUT2D eigenvalue weighted by Crippen LogP contribution is 2.15. The molecule has 0 saturated heterocycles. The van der Waals surface area contributed by atoms with Gasteiger partial charge in [0.05, 0.1) is 4.90 Å². The minimum Gasteiger partial charge on any atom is -0.389 e. The van der Waals surface area contributed by atoms with E-state index in [1.807, 2.05) is 19.0 Å². The van der Waals surface area contributed by atoms with Crippen molar-refractivity contribution in [2.75, 3.05) is 34.2 Å². The maximum absolute atomic E-state index is 12.3. The average Bonchev–Trinajstić information content (AvgIpc) is 2.35. The first-order valence-electron chi connectivity index (χ1n) is 5.76. The van der Waals surface area contributed by atoms with Gasteiger partial charge in [0.25, 0.3) is 0 Å².